The van der Waals surface area contributed by atoms with E-state index < -0.39 is 0 Å². The smallest absolute Gasteiger partial charge is 0.205 e. The van der Waals surface area contributed by atoms with Crippen LogP contribution < -0.4 is 5.32 Å². The van der Waals surface area contributed by atoms with Crippen molar-refractivity contribution in [1.82, 2.24) is 30.1 Å². The molecule has 2 fully saturated rings. The monoisotopic (exact) mass is 370 g/mol. The van der Waals surface area contributed by atoms with Crippen LogP contribution in [0.5, 0.6) is 0 Å². The normalized spacial score (nSPS) is 26.9. The lowest BCUT2D eigenvalue weighted by molar-refractivity contribution is -0.112. The molecule has 26 heavy (non-hydrogen) atoms. The molecule has 1 saturated carbocycles. The number of rotatable bonds is 4. The molecule has 0 bridgehead atoms. The number of nitrogens with zero attached hydrogens (tertiary/aromatic N) is 4. The molecular formula is C18H22N6OS. The largest absolute Gasteiger partial charge is 0.346 e. The van der Waals surface area contributed by atoms with Crippen molar-refractivity contribution in [2.45, 2.75) is 44.1 Å². The third-order valence-corrected chi connectivity index (χ3v) is 6.83. The van der Waals surface area contributed by atoms with E-state index >= 15 is 0 Å². The van der Waals surface area contributed by atoms with E-state index in [9.17, 15) is 4.79 Å². The van der Waals surface area contributed by atoms with Crippen LogP contribution in [0.3, 0.4) is 0 Å². The standard InChI is InChI=1S/C18H22N6OS/c25-18-14(6-8-26-18)20-9-11-1-3-12(4-2-11)15-16-13-5-7-19-17(13)21-10-24(16)23-22-15/h5,7,10-12,14,19-20H,1-4,6,8-9H2/t11-,12-,14?. The van der Waals surface area contributed by atoms with Crippen molar-refractivity contribution in [3.05, 3.63) is 24.3 Å². The molecular weight excluding hydrogens is 348 g/mol. The Morgan fingerprint density at radius 1 is 1.27 bits per heavy atom. The van der Waals surface area contributed by atoms with Crippen LogP contribution in [0.2, 0.25) is 0 Å². The number of nitrogens with one attached hydrogen (secondary N) is 2. The minimum Gasteiger partial charge on any atom is -0.346 e. The predicted octanol–water partition coefficient (Wildman–Crippen LogP) is 2.50. The summed E-state index contributed by atoms with van der Waals surface area (Å²) < 4.78 is 1.79. The highest BCUT2D eigenvalue weighted by molar-refractivity contribution is 8.14. The van der Waals surface area contributed by atoms with E-state index in [1.54, 1.807) is 10.8 Å². The van der Waals surface area contributed by atoms with Crippen molar-refractivity contribution < 1.29 is 4.79 Å². The van der Waals surface area contributed by atoms with Gasteiger partial charge in [0.05, 0.1) is 11.7 Å². The highest BCUT2D eigenvalue weighted by atomic mass is 32.2. The molecule has 4 heterocycles. The molecule has 0 radical (unpaired) electrons. The van der Waals surface area contributed by atoms with Gasteiger partial charge >= 0.3 is 0 Å². The average Bonchev–Trinajstić information content (AvgIpc) is 3.39. The number of aromatic amines is 1. The zero-order chi connectivity index (χ0) is 17.5. The first kappa shape index (κ1) is 16.3. The molecule has 8 heteroatoms. The summed E-state index contributed by atoms with van der Waals surface area (Å²) in [6.45, 7) is 0.956. The maximum Gasteiger partial charge on any atom is 0.205 e. The number of aromatic nitrogens is 5. The number of thioether (sulfide) groups is 1. The molecule has 1 aliphatic carbocycles. The van der Waals surface area contributed by atoms with E-state index in [0.717, 1.165) is 53.8 Å². The van der Waals surface area contributed by atoms with Gasteiger partial charge in [-0.25, -0.2) is 9.50 Å². The number of hydrogen-bond acceptors (Lipinski definition) is 6. The molecule has 2 N–H and O–H groups in total. The fourth-order valence-corrected chi connectivity index (χ4v) is 5.28. The Bertz CT molecular complexity index is 942. The highest BCUT2D eigenvalue weighted by Crippen LogP contribution is 2.37. The third kappa shape index (κ3) is 2.81. The lowest BCUT2D eigenvalue weighted by Crippen LogP contribution is -2.36. The zero-order valence-corrected chi connectivity index (χ0v) is 15.3. The molecule has 0 amide bonds. The Balaban J connectivity index is 1.27. The van der Waals surface area contributed by atoms with E-state index in [4.69, 9.17) is 0 Å². The number of hydrogen-bond donors (Lipinski definition) is 2. The van der Waals surface area contributed by atoms with Crippen LogP contribution in [-0.4, -0.2) is 48.3 Å². The Labute approximate surface area is 155 Å². The maximum absolute atomic E-state index is 11.7. The van der Waals surface area contributed by atoms with Gasteiger partial charge in [-0.15, -0.1) is 5.10 Å². The first-order valence-corrected chi connectivity index (χ1v) is 10.3. The maximum atomic E-state index is 11.7. The SMILES string of the molecule is O=C1SCCC1NC[C@H]1CC[C@H](c2nnn3cnc4[nH]ccc4c23)CC1. The topological polar surface area (TPSA) is 88.0 Å². The predicted molar refractivity (Wildman–Crippen MR) is 101 cm³/mol. The van der Waals surface area contributed by atoms with Gasteiger partial charge in [0.2, 0.25) is 5.12 Å². The molecule has 2 aliphatic rings. The Hall–Kier alpha value is -1.93. The Morgan fingerprint density at radius 3 is 2.96 bits per heavy atom. The average molecular weight is 370 g/mol. The van der Waals surface area contributed by atoms with Gasteiger partial charge in [-0.2, -0.15) is 0 Å². The van der Waals surface area contributed by atoms with Gasteiger partial charge in [-0.3, -0.25) is 4.79 Å². The first-order valence-electron chi connectivity index (χ1n) is 9.36. The van der Waals surface area contributed by atoms with Gasteiger partial charge in [0.1, 0.15) is 17.5 Å². The summed E-state index contributed by atoms with van der Waals surface area (Å²) in [5.41, 5.74) is 3.08. The third-order valence-electron chi connectivity index (χ3n) is 5.82. The fourth-order valence-electron chi connectivity index (χ4n) is 4.32. The molecule has 0 spiro atoms. The van der Waals surface area contributed by atoms with Crippen molar-refractivity contribution >= 4 is 33.4 Å². The number of carbonyl (C=O) groups is 1. The molecule has 1 aliphatic heterocycles. The van der Waals surface area contributed by atoms with E-state index in [-0.39, 0.29) is 6.04 Å². The van der Waals surface area contributed by atoms with Gasteiger partial charge < -0.3 is 10.3 Å². The second-order valence-corrected chi connectivity index (χ2v) is 8.49. The van der Waals surface area contributed by atoms with Crippen LogP contribution in [0.1, 0.15) is 43.7 Å². The van der Waals surface area contributed by atoms with Gasteiger partial charge in [0.15, 0.2) is 0 Å². The van der Waals surface area contributed by atoms with Crippen LogP contribution in [-0.2, 0) is 4.79 Å². The minimum atomic E-state index is 0.0772. The van der Waals surface area contributed by atoms with Crippen LogP contribution in [0, 0.1) is 5.92 Å². The zero-order valence-electron chi connectivity index (χ0n) is 14.5. The van der Waals surface area contributed by atoms with Gasteiger partial charge in [0, 0.05) is 23.3 Å². The lowest BCUT2D eigenvalue weighted by Gasteiger charge is -2.28. The van der Waals surface area contributed by atoms with Crippen molar-refractivity contribution in [3.63, 3.8) is 0 Å². The van der Waals surface area contributed by atoms with Crippen molar-refractivity contribution in [2.75, 3.05) is 12.3 Å². The minimum absolute atomic E-state index is 0.0772. The second-order valence-electron chi connectivity index (χ2n) is 7.39. The van der Waals surface area contributed by atoms with E-state index in [1.807, 2.05) is 6.20 Å². The van der Waals surface area contributed by atoms with E-state index in [0.29, 0.717) is 17.0 Å². The second kappa shape index (κ2) is 6.66. The summed E-state index contributed by atoms with van der Waals surface area (Å²) in [4.78, 5) is 19.3. The molecule has 3 aromatic heterocycles. The van der Waals surface area contributed by atoms with Crippen LogP contribution in [0.15, 0.2) is 18.6 Å². The summed E-state index contributed by atoms with van der Waals surface area (Å²) in [5, 5.41) is 13.7. The summed E-state index contributed by atoms with van der Waals surface area (Å²) in [7, 11) is 0. The van der Waals surface area contributed by atoms with Crippen LogP contribution in [0.4, 0.5) is 0 Å². The molecule has 1 atom stereocenters. The Kier molecular flexibility index (Phi) is 4.17. The number of H-pyrrole nitrogens is 1. The highest BCUT2D eigenvalue weighted by Gasteiger charge is 2.29. The summed E-state index contributed by atoms with van der Waals surface area (Å²) in [6.07, 6.45) is 9.23. The lowest BCUT2D eigenvalue weighted by atomic mass is 9.80. The molecule has 136 valence electrons. The molecule has 0 aromatic carbocycles. The molecule has 5 rings (SSSR count). The quantitative estimate of drug-likeness (QED) is 0.734. The van der Waals surface area contributed by atoms with E-state index in [2.05, 4.69) is 31.7 Å². The van der Waals surface area contributed by atoms with Crippen LogP contribution in [0.25, 0.3) is 16.6 Å². The summed E-state index contributed by atoms with van der Waals surface area (Å²) >= 11 is 1.47. The molecule has 3 aromatic rings. The summed E-state index contributed by atoms with van der Waals surface area (Å²) in [5.74, 6) is 2.07. The van der Waals surface area contributed by atoms with Gasteiger partial charge in [0.25, 0.3) is 0 Å². The molecule has 7 nitrogen and oxygen atoms in total. The molecule has 1 saturated heterocycles. The first-order chi connectivity index (χ1) is 12.8. The van der Waals surface area contributed by atoms with E-state index in [1.165, 1.54) is 24.6 Å². The van der Waals surface area contributed by atoms with Gasteiger partial charge in [-0.1, -0.05) is 17.0 Å². The summed E-state index contributed by atoms with van der Waals surface area (Å²) in [6, 6.07) is 2.13. The Morgan fingerprint density at radius 2 is 2.15 bits per heavy atom. The fraction of sp³-hybridized carbons (Fsp3) is 0.556. The molecule has 1 unspecified atom stereocenters. The van der Waals surface area contributed by atoms with Gasteiger partial charge in [-0.05, 0) is 50.6 Å². The van der Waals surface area contributed by atoms with Crippen LogP contribution >= 0.6 is 11.8 Å². The van der Waals surface area contributed by atoms with Crippen molar-refractivity contribution in [3.8, 4) is 0 Å². The number of carbonyl (C=O) groups excluding carboxylic acids is 1. The van der Waals surface area contributed by atoms with Crippen molar-refractivity contribution in [1.29, 1.82) is 0 Å². The van der Waals surface area contributed by atoms with Crippen molar-refractivity contribution in [2.24, 2.45) is 5.92 Å². The number of fused-ring (bicyclic) bond motifs is 3.